The average Bonchev–Trinajstić information content (AvgIpc) is 2.98. The number of carbonyl (C=O) groups excluding carboxylic acids is 1. The van der Waals surface area contributed by atoms with Crippen LogP contribution in [0.5, 0.6) is 0 Å². The molecule has 1 aromatic carbocycles. The Balaban J connectivity index is 2.24. The largest absolute Gasteiger partial charge is 0.349 e. The van der Waals surface area contributed by atoms with Gasteiger partial charge in [0.1, 0.15) is 6.04 Å². The van der Waals surface area contributed by atoms with Crippen LogP contribution in [0, 0.1) is 5.92 Å². The van der Waals surface area contributed by atoms with Gasteiger partial charge in [0, 0.05) is 10.6 Å². The Hall–Kier alpha value is -0.900. The number of sulfonamides is 1. The van der Waals surface area contributed by atoms with E-state index >= 15 is 0 Å². The van der Waals surface area contributed by atoms with Crippen LogP contribution in [0.25, 0.3) is 0 Å². The molecule has 1 heterocycles. The molecule has 1 aliphatic rings. The number of amides is 1. The highest BCUT2D eigenvalue weighted by atomic mass is 35.5. The van der Waals surface area contributed by atoms with Crippen LogP contribution in [0.2, 0.25) is 10.0 Å². The van der Waals surface area contributed by atoms with E-state index in [-0.39, 0.29) is 18.6 Å². The predicted octanol–water partition coefficient (Wildman–Crippen LogP) is 2.66. The smallest absolute Gasteiger partial charge is 0.238 e. The van der Waals surface area contributed by atoms with E-state index in [9.17, 15) is 13.2 Å². The minimum Gasteiger partial charge on any atom is -0.349 e. The first kappa shape index (κ1) is 23.4. The first-order chi connectivity index (χ1) is 13.0. The first-order valence-electron chi connectivity index (χ1n) is 8.99. The van der Waals surface area contributed by atoms with Crippen LogP contribution in [0.15, 0.2) is 18.2 Å². The maximum Gasteiger partial charge on any atom is 0.238 e. The summed E-state index contributed by atoms with van der Waals surface area (Å²) in [4.78, 5) is 12.8. The molecule has 0 spiro atoms. The summed E-state index contributed by atoms with van der Waals surface area (Å²) >= 11 is 12.3. The van der Waals surface area contributed by atoms with Crippen LogP contribution in [0.1, 0.15) is 32.8 Å². The molecule has 0 radical (unpaired) electrons. The van der Waals surface area contributed by atoms with Gasteiger partial charge in [-0.05, 0) is 25.0 Å². The SMILES string of the molecule is CCC(C)C(NS(C)(=O)=O)C(=O)NCC1(c2ccc(Cl)cc2Cl)OCC(C)O1. The fourth-order valence-electron chi connectivity index (χ4n) is 2.98. The third kappa shape index (κ3) is 5.81. The van der Waals surface area contributed by atoms with Crippen LogP contribution >= 0.6 is 23.2 Å². The number of hydrogen-bond donors (Lipinski definition) is 2. The van der Waals surface area contributed by atoms with Gasteiger partial charge >= 0.3 is 0 Å². The minimum atomic E-state index is -3.56. The van der Waals surface area contributed by atoms with Crippen molar-refractivity contribution in [2.24, 2.45) is 5.92 Å². The molecule has 158 valence electrons. The van der Waals surface area contributed by atoms with E-state index in [4.69, 9.17) is 32.7 Å². The van der Waals surface area contributed by atoms with E-state index < -0.39 is 27.8 Å². The highest BCUT2D eigenvalue weighted by Gasteiger charge is 2.44. The number of halogens is 2. The van der Waals surface area contributed by atoms with Crippen LogP contribution in [-0.4, -0.2) is 45.9 Å². The molecule has 4 unspecified atom stereocenters. The van der Waals surface area contributed by atoms with Crippen molar-refractivity contribution in [3.8, 4) is 0 Å². The molecular formula is C18H26Cl2N2O5S. The molecule has 10 heteroatoms. The molecule has 0 aromatic heterocycles. The minimum absolute atomic E-state index is 0.0318. The van der Waals surface area contributed by atoms with Crippen molar-refractivity contribution in [3.05, 3.63) is 33.8 Å². The Morgan fingerprint density at radius 3 is 2.57 bits per heavy atom. The van der Waals surface area contributed by atoms with E-state index in [1.165, 1.54) is 0 Å². The summed E-state index contributed by atoms with van der Waals surface area (Å²) in [6, 6.07) is 4.02. The number of rotatable bonds is 8. The van der Waals surface area contributed by atoms with Gasteiger partial charge in [-0.2, -0.15) is 0 Å². The summed E-state index contributed by atoms with van der Waals surface area (Å²) in [5, 5.41) is 3.57. The van der Waals surface area contributed by atoms with Gasteiger partial charge in [0.05, 0.1) is 30.5 Å². The average molecular weight is 453 g/mol. The van der Waals surface area contributed by atoms with E-state index in [1.807, 2.05) is 13.8 Å². The molecule has 2 rings (SSSR count). The topological polar surface area (TPSA) is 93.7 Å². The first-order valence-corrected chi connectivity index (χ1v) is 11.6. The summed E-state index contributed by atoms with van der Waals surface area (Å²) in [7, 11) is -3.56. The second-order valence-electron chi connectivity index (χ2n) is 7.09. The van der Waals surface area contributed by atoms with E-state index in [0.29, 0.717) is 28.6 Å². The van der Waals surface area contributed by atoms with Crippen molar-refractivity contribution in [1.29, 1.82) is 0 Å². The molecule has 0 bridgehead atoms. The number of hydrogen-bond acceptors (Lipinski definition) is 5. The number of benzene rings is 1. The van der Waals surface area contributed by atoms with Crippen LogP contribution in [0.4, 0.5) is 0 Å². The molecule has 1 amide bonds. The van der Waals surface area contributed by atoms with Gasteiger partial charge < -0.3 is 14.8 Å². The second-order valence-corrected chi connectivity index (χ2v) is 9.71. The van der Waals surface area contributed by atoms with Gasteiger partial charge in [0.25, 0.3) is 0 Å². The van der Waals surface area contributed by atoms with Crippen LogP contribution in [-0.2, 0) is 30.1 Å². The summed E-state index contributed by atoms with van der Waals surface area (Å²) in [5.41, 5.74) is 0.541. The van der Waals surface area contributed by atoms with Crippen molar-refractivity contribution in [2.45, 2.75) is 45.1 Å². The molecule has 0 aliphatic carbocycles. The Bertz CT molecular complexity index is 820. The second kappa shape index (κ2) is 9.28. The van der Waals surface area contributed by atoms with Crippen LogP contribution in [0.3, 0.4) is 0 Å². The third-order valence-electron chi connectivity index (χ3n) is 4.62. The highest BCUT2D eigenvalue weighted by Crippen LogP contribution is 2.38. The van der Waals surface area contributed by atoms with Crippen molar-refractivity contribution >= 4 is 39.1 Å². The standard InChI is InChI=1S/C18H26Cl2N2O5S/c1-5-11(2)16(22-28(4,24)25)17(23)21-10-18(26-9-12(3)27-18)14-7-6-13(19)8-15(14)20/h6-8,11-12,16,22H,5,9-10H2,1-4H3,(H,21,23). The van der Waals surface area contributed by atoms with Gasteiger partial charge in [0.2, 0.25) is 21.7 Å². The summed E-state index contributed by atoms with van der Waals surface area (Å²) in [6.07, 6.45) is 1.44. The maximum absolute atomic E-state index is 12.8. The normalized spacial score (nSPS) is 24.7. The number of carbonyl (C=O) groups is 1. The monoisotopic (exact) mass is 452 g/mol. The van der Waals surface area contributed by atoms with Crippen LogP contribution < -0.4 is 10.0 Å². The predicted molar refractivity (Wildman–Crippen MR) is 109 cm³/mol. The Kier molecular flexibility index (Phi) is 7.75. The highest BCUT2D eigenvalue weighted by molar-refractivity contribution is 7.88. The molecule has 4 atom stereocenters. The Morgan fingerprint density at radius 1 is 1.39 bits per heavy atom. The van der Waals surface area contributed by atoms with Crippen molar-refractivity contribution in [1.82, 2.24) is 10.0 Å². The van der Waals surface area contributed by atoms with Gasteiger partial charge in [-0.25, -0.2) is 13.1 Å². The number of ether oxygens (including phenoxy) is 2. The van der Waals surface area contributed by atoms with E-state index in [0.717, 1.165) is 6.26 Å². The summed E-state index contributed by atoms with van der Waals surface area (Å²) in [6.45, 7) is 5.83. The van der Waals surface area contributed by atoms with Crippen molar-refractivity contribution in [3.63, 3.8) is 0 Å². The summed E-state index contributed by atoms with van der Waals surface area (Å²) in [5.74, 6) is -1.94. The molecule has 7 nitrogen and oxygen atoms in total. The fourth-order valence-corrected chi connectivity index (χ4v) is 4.33. The number of nitrogens with one attached hydrogen (secondary N) is 2. The molecule has 0 saturated carbocycles. The zero-order valence-corrected chi connectivity index (χ0v) is 18.6. The van der Waals surface area contributed by atoms with Gasteiger partial charge in [-0.1, -0.05) is 49.5 Å². The molecule has 28 heavy (non-hydrogen) atoms. The van der Waals surface area contributed by atoms with Crippen molar-refractivity contribution < 1.29 is 22.7 Å². The Labute approximate surface area is 176 Å². The third-order valence-corrected chi connectivity index (χ3v) is 5.85. The zero-order chi connectivity index (χ0) is 21.1. The lowest BCUT2D eigenvalue weighted by molar-refractivity contribution is -0.174. The maximum atomic E-state index is 12.8. The molecular weight excluding hydrogens is 427 g/mol. The Morgan fingerprint density at radius 2 is 2.07 bits per heavy atom. The lowest BCUT2D eigenvalue weighted by Gasteiger charge is -2.31. The lowest BCUT2D eigenvalue weighted by Crippen LogP contribution is -2.53. The van der Waals surface area contributed by atoms with E-state index in [2.05, 4.69) is 10.0 Å². The lowest BCUT2D eigenvalue weighted by atomic mass is 9.99. The molecule has 2 N–H and O–H groups in total. The zero-order valence-electron chi connectivity index (χ0n) is 16.3. The fraction of sp³-hybridized carbons (Fsp3) is 0.611. The van der Waals surface area contributed by atoms with E-state index in [1.54, 1.807) is 25.1 Å². The molecule has 1 aliphatic heterocycles. The van der Waals surface area contributed by atoms with Gasteiger partial charge in [-0.3, -0.25) is 4.79 Å². The molecule has 1 fully saturated rings. The summed E-state index contributed by atoms with van der Waals surface area (Å²) < 4.78 is 37.6. The quantitative estimate of drug-likeness (QED) is 0.631. The van der Waals surface area contributed by atoms with Gasteiger partial charge in [-0.15, -0.1) is 0 Å². The van der Waals surface area contributed by atoms with Gasteiger partial charge in [0.15, 0.2) is 0 Å². The van der Waals surface area contributed by atoms with Crippen molar-refractivity contribution in [2.75, 3.05) is 19.4 Å². The molecule has 1 aromatic rings. The molecule has 1 saturated heterocycles.